The Hall–Kier alpha value is -3.96. The molecule has 5 heteroatoms. The van der Waals surface area contributed by atoms with Gasteiger partial charge < -0.3 is 9.97 Å². The summed E-state index contributed by atoms with van der Waals surface area (Å²) in [6.07, 6.45) is 2.07. The summed E-state index contributed by atoms with van der Waals surface area (Å²) in [4.78, 5) is 16.4. The number of nitrogens with zero attached hydrogens (tertiary/aromatic N) is 2. The molecule has 0 radical (unpaired) electrons. The Bertz CT molecular complexity index is 1990. The van der Waals surface area contributed by atoms with Gasteiger partial charge in [0.2, 0.25) is 0 Å². The number of aryl methyl sites for hydroxylation is 4. The summed E-state index contributed by atoms with van der Waals surface area (Å²) in [6, 6.07) is 20.5. The summed E-state index contributed by atoms with van der Waals surface area (Å²) in [5.41, 5.74) is 12.5. The van der Waals surface area contributed by atoms with Crippen molar-refractivity contribution in [2.45, 2.75) is 26.7 Å². The fourth-order valence-corrected chi connectivity index (χ4v) is 6.91. The molecule has 168 valence electrons. The lowest BCUT2D eigenvalue weighted by Gasteiger charge is -2.21. The smallest absolute Gasteiger partial charge is 0.104 e. The second-order valence-corrected chi connectivity index (χ2v) is 10.6. The molecule has 1 aliphatic carbocycles. The second-order valence-electron chi connectivity index (χ2n) is 9.65. The zero-order valence-corrected chi connectivity index (χ0v) is 20.3. The summed E-state index contributed by atoms with van der Waals surface area (Å²) >= 11 is 1.80. The third kappa shape index (κ3) is 2.67. The number of nitrogens with one attached hydrogen (secondary N) is 2. The lowest BCUT2D eigenvalue weighted by atomic mass is 9.83. The first-order valence-electron chi connectivity index (χ1n) is 12.1. The van der Waals surface area contributed by atoms with E-state index < -0.39 is 0 Å². The van der Waals surface area contributed by atoms with Crippen molar-refractivity contribution in [3.63, 3.8) is 0 Å². The first-order valence-corrected chi connectivity index (χ1v) is 12.9. The second kappa shape index (κ2) is 6.80. The first kappa shape index (κ1) is 19.4. The molecule has 4 aromatic carbocycles. The van der Waals surface area contributed by atoms with Gasteiger partial charge in [-0.15, -0.1) is 11.3 Å². The predicted molar refractivity (Wildman–Crippen MR) is 146 cm³/mol. The molecule has 0 amide bonds. The van der Waals surface area contributed by atoms with Crippen LogP contribution in [0.1, 0.15) is 22.8 Å². The molecule has 1 aliphatic rings. The number of rotatable bonds is 1. The minimum Gasteiger partial charge on any atom is -0.342 e. The Balaban J connectivity index is 1.30. The van der Waals surface area contributed by atoms with Crippen molar-refractivity contribution in [3.05, 3.63) is 82.8 Å². The van der Waals surface area contributed by atoms with E-state index in [2.05, 4.69) is 69.9 Å². The molecular formula is C30H22N4S. The molecule has 4 nitrogen and oxygen atoms in total. The van der Waals surface area contributed by atoms with Crippen LogP contribution in [-0.4, -0.2) is 19.9 Å². The molecule has 0 atom stereocenters. The van der Waals surface area contributed by atoms with E-state index in [4.69, 9.17) is 9.97 Å². The SMILES string of the molecule is Cc1nc2c3c(ccc2[nH]1)-c1ccc(-c2ccc4c(c2)c2sccc2c2nc(C)[nH]c42)cc1CC3. The maximum Gasteiger partial charge on any atom is 0.104 e. The summed E-state index contributed by atoms with van der Waals surface area (Å²) in [6.45, 7) is 4.06. The molecule has 0 unspecified atom stereocenters. The Morgan fingerprint density at radius 1 is 0.714 bits per heavy atom. The standard InChI is InChI=1S/C30H22N4S/c1-15-31-26-10-9-21-20-6-3-17(13-19(20)5-8-22(21)27(26)32-15)18-4-7-23-25(14-18)30-24(11-12-35-30)29-28(23)33-16(2)34-29/h3-4,6-7,9-14H,5,8H2,1-2H3,(H,31,32)(H,33,34). The number of hydrogen-bond acceptors (Lipinski definition) is 3. The fourth-order valence-electron chi connectivity index (χ4n) is 5.98. The largest absolute Gasteiger partial charge is 0.342 e. The number of H-pyrrole nitrogens is 2. The Labute approximate surface area is 205 Å². The number of thiophene rings is 1. The van der Waals surface area contributed by atoms with Crippen molar-refractivity contribution in [3.8, 4) is 22.3 Å². The lowest BCUT2D eigenvalue weighted by Crippen LogP contribution is -2.05. The van der Waals surface area contributed by atoms with Crippen molar-refractivity contribution in [2.24, 2.45) is 0 Å². The molecule has 0 fully saturated rings. The Kier molecular flexibility index (Phi) is 3.76. The van der Waals surface area contributed by atoms with Crippen molar-refractivity contribution >= 4 is 54.3 Å². The number of imidazole rings is 2. The maximum atomic E-state index is 4.78. The normalized spacial score (nSPS) is 13.2. The zero-order chi connectivity index (χ0) is 23.3. The molecule has 3 heterocycles. The number of aromatic amines is 2. The van der Waals surface area contributed by atoms with E-state index in [1.54, 1.807) is 11.3 Å². The van der Waals surface area contributed by atoms with Gasteiger partial charge in [0.25, 0.3) is 0 Å². The monoisotopic (exact) mass is 470 g/mol. The van der Waals surface area contributed by atoms with Gasteiger partial charge in [-0.25, -0.2) is 9.97 Å². The van der Waals surface area contributed by atoms with Crippen molar-refractivity contribution < 1.29 is 0 Å². The van der Waals surface area contributed by atoms with Crippen LogP contribution in [0.2, 0.25) is 0 Å². The highest BCUT2D eigenvalue weighted by Crippen LogP contribution is 2.41. The van der Waals surface area contributed by atoms with Crippen LogP contribution in [0.5, 0.6) is 0 Å². The van der Waals surface area contributed by atoms with Crippen LogP contribution in [0.25, 0.3) is 65.2 Å². The van der Waals surface area contributed by atoms with Gasteiger partial charge >= 0.3 is 0 Å². The van der Waals surface area contributed by atoms with E-state index in [0.29, 0.717) is 0 Å². The molecule has 0 spiro atoms. The predicted octanol–water partition coefficient (Wildman–Crippen LogP) is 7.86. The van der Waals surface area contributed by atoms with Gasteiger partial charge in [-0.05, 0) is 83.6 Å². The first-order chi connectivity index (χ1) is 17.1. The molecule has 2 N–H and O–H groups in total. The zero-order valence-electron chi connectivity index (χ0n) is 19.5. The van der Waals surface area contributed by atoms with Crippen LogP contribution in [0.3, 0.4) is 0 Å². The number of aromatic nitrogens is 4. The van der Waals surface area contributed by atoms with E-state index in [1.807, 2.05) is 13.8 Å². The molecule has 7 aromatic rings. The van der Waals surface area contributed by atoms with E-state index in [1.165, 1.54) is 54.2 Å². The van der Waals surface area contributed by atoms with Crippen LogP contribution >= 0.6 is 11.3 Å². The van der Waals surface area contributed by atoms with E-state index >= 15 is 0 Å². The molecule has 0 saturated heterocycles. The van der Waals surface area contributed by atoms with E-state index in [-0.39, 0.29) is 0 Å². The van der Waals surface area contributed by atoms with Crippen molar-refractivity contribution in [2.75, 3.05) is 0 Å². The minimum atomic E-state index is 0.960. The molecule has 8 rings (SSSR count). The lowest BCUT2D eigenvalue weighted by molar-refractivity contribution is 0.948. The van der Waals surface area contributed by atoms with E-state index in [9.17, 15) is 0 Å². The number of fused-ring (bicyclic) bond motifs is 11. The molecule has 35 heavy (non-hydrogen) atoms. The third-order valence-electron chi connectivity index (χ3n) is 7.53. The van der Waals surface area contributed by atoms with Crippen LogP contribution in [0, 0.1) is 13.8 Å². The average molecular weight is 471 g/mol. The summed E-state index contributed by atoms with van der Waals surface area (Å²) < 4.78 is 1.31. The molecule has 0 bridgehead atoms. The van der Waals surface area contributed by atoms with Crippen LogP contribution in [-0.2, 0) is 12.8 Å². The van der Waals surface area contributed by atoms with Crippen LogP contribution in [0.4, 0.5) is 0 Å². The van der Waals surface area contributed by atoms with Gasteiger partial charge in [0.05, 0.1) is 22.1 Å². The Morgan fingerprint density at radius 3 is 2.46 bits per heavy atom. The minimum absolute atomic E-state index is 0.960. The van der Waals surface area contributed by atoms with Crippen molar-refractivity contribution in [1.29, 1.82) is 0 Å². The fraction of sp³-hybridized carbons (Fsp3) is 0.133. The van der Waals surface area contributed by atoms with Gasteiger partial charge in [-0.2, -0.15) is 0 Å². The quantitative estimate of drug-likeness (QED) is 0.257. The topological polar surface area (TPSA) is 57.4 Å². The molecule has 0 saturated carbocycles. The number of benzene rings is 4. The van der Waals surface area contributed by atoms with Gasteiger partial charge in [-0.3, -0.25) is 0 Å². The third-order valence-corrected chi connectivity index (χ3v) is 8.47. The van der Waals surface area contributed by atoms with Gasteiger partial charge in [0.1, 0.15) is 11.6 Å². The Morgan fingerprint density at radius 2 is 1.51 bits per heavy atom. The van der Waals surface area contributed by atoms with E-state index in [0.717, 1.165) is 46.6 Å². The van der Waals surface area contributed by atoms with Gasteiger partial charge in [0.15, 0.2) is 0 Å². The highest BCUT2D eigenvalue weighted by molar-refractivity contribution is 7.18. The highest BCUT2D eigenvalue weighted by Gasteiger charge is 2.21. The molecular weight excluding hydrogens is 448 g/mol. The van der Waals surface area contributed by atoms with Gasteiger partial charge in [-0.1, -0.05) is 36.4 Å². The summed E-state index contributed by atoms with van der Waals surface area (Å²) in [7, 11) is 0. The maximum absolute atomic E-state index is 4.78. The summed E-state index contributed by atoms with van der Waals surface area (Å²) in [5.74, 6) is 1.94. The van der Waals surface area contributed by atoms with Crippen LogP contribution in [0.15, 0.2) is 60.0 Å². The van der Waals surface area contributed by atoms with Gasteiger partial charge in [0, 0.05) is 20.9 Å². The molecule has 3 aromatic heterocycles. The van der Waals surface area contributed by atoms with Crippen LogP contribution < -0.4 is 0 Å². The average Bonchev–Trinajstić information content (AvgIpc) is 3.60. The number of hydrogen-bond donors (Lipinski definition) is 2. The molecule has 0 aliphatic heterocycles. The van der Waals surface area contributed by atoms with Crippen molar-refractivity contribution in [1.82, 2.24) is 19.9 Å². The summed E-state index contributed by atoms with van der Waals surface area (Å²) in [5, 5.41) is 5.95. The highest BCUT2D eigenvalue weighted by atomic mass is 32.1.